The molecule has 0 nitrogen and oxygen atoms in total. The molecular formula is C8H15Sn+3. The Hall–Kier alpha value is 0.539. The molecule has 0 fully saturated rings. The van der Waals surface area contributed by atoms with E-state index in [2.05, 4.69) is 17.1 Å². The molecule has 0 spiro atoms. The summed E-state index contributed by atoms with van der Waals surface area (Å²) in [6.45, 7) is 2.25. The molecule has 9 heavy (non-hydrogen) atoms. The molecule has 0 aromatic rings. The van der Waals surface area contributed by atoms with Gasteiger partial charge in [-0.05, 0) is 0 Å². The van der Waals surface area contributed by atoms with E-state index >= 15 is 0 Å². The molecule has 1 heteroatoms. The Kier molecular flexibility index (Phi) is 9.05. The second kappa shape index (κ2) is 8.54. The van der Waals surface area contributed by atoms with Crippen LogP contribution in [-0.4, -0.2) is 22.5 Å². The number of rotatable bonds is 5. The Bertz CT molecular complexity index is 67.0. The third kappa shape index (κ3) is 8.54. The first-order valence-corrected chi connectivity index (χ1v) is 5.39. The summed E-state index contributed by atoms with van der Waals surface area (Å²) >= 11 is 1.53. The summed E-state index contributed by atoms with van der Waals surface area (Å²) < 4.78 is 2.22. The fourth-order valence-electron chi connectivity index (χ4n) is 0.772. The van der Waals surface area contributed by atoms with Gasteiger partial charge in [-0.1, -0.05) is 0 Å². The molecule has 0 aliphatic heterocycles. The van der Waals surface area contributed by atoms with E-state index in [-0.39, 0.29) is 0 Å². The summed E-state index contributed by atoms with van der Waals surface area (Å²) in [5.74, 6) is 0. The van der Waals surface area contributed by atoms with Crippen LogP contribution >= 0.6 is 0 Å². The summed E-state index contributed by atoms with van der Waals surface area (Å²) in [5, 5.41) is 0. The van der Waals surface area contributed by atoms with Gasteiger partial charge in [-0.2, -0.15) is 0 Å². The van der Waals surface area contributed by atoms with Gasteiger partial charge in [-0.3, -0.25) is 0 Å². The summed E-state index contributed by atoms with van der Waals surface area (Å²) in [7, 11) is 0. The van der Waals surface area contributed by atoms with E-state index in [0.29, 0.717) is 0 Å². The minimum absolute atomic E-state index is 1.30. The average molecular weight is 230 g/mol. The fraction of sp³-hybridized carbons (Fsp3) is 0.750. The molecule has 0 rings (SSSR count). The summed E-state index contributed by atoms with van der Waals surface area (Å²) in [6.07, 6.45) is 9.14. The Morgan fingerprint density at radius 3 is 2.56 bits per heavy atom. The van der Waals surface area contributed by atoms with Crippen LogP contribution in [-0.2, 0) is 0 Å². The van der Waals surface area contributed by atoms with Crippen molar-refractivity contribution in [2.75, 3.05) is 0 Å². The molecule has 0 atom stereocenters. The van der Waals surface area contributed by atoms with Gasteiger partial charge in [-0.15, -0.1) is 0 Å². The van der Waals surface area contributed by atoms with E-state index in [9.17, 15) is 0 Å². The zero-order chi connectivity index (χ0) is 6.95. The molecule has 0 heterocycles. The van der Waals surface area contributed by atoms with Crippen LogP contribution in [0, 0.1) is 0 Å². The van der Waals surface area contributed by atoms with Crippen LogP contribution in [0.5, 0.6) is 0 Å². The van der Waals surface area contributed by atoms with E-state index in [1.165, 1.54) is 54.6 Å². The normalized spacial score (nSPS) is 11.0. The van der Waals surface area contributed by atoms with Gasteiger partial charge in [0.2, 0.25) is 0 Å². The monoisotopic (exact) mass is 231 g/mol. The van der Waals surface area contributed by atoms with Crippen molar-refractivity contribution in [2.24, 2.45) is 0 Å². The van der Waals surface area contributed by atoms with Crippen molar-refractivity contribution in [1.29, 1.82) is 0 Å². The maximum atomic E-state index is 2.29. The van der Waals surface area contributed by atoms with Gasteiger partial charge in [0.1, 0.15) is 0 Å². The molecule has 0 amide bonds. The molecule has 0 aliphatic rings. The first-order valence-electron chi connectivity index (χ1n) is 3.74. The van der Waals surface area contributed by atoms with Gasteiger partial charge < -0.3 is 0 Å². The molecule has 48 valence electrons. The molecule has 0 aromatic heterocycles. The maximum absolute atomic E-state index is 2.29. The van der Waals surface area contributed by atoms with E-state index in [1.807, 2.05) is 0 Å². The number of hydrogen-bond donors (Lipinski definition) is 0. The van der Waals surface area contributed by atoms with Crippen molar-refractivity contribution in [3.8, 4) is 0 Å². The quantitative estimate of drug-likeness (QED) is 0.503. The third-order valence-electron chi connectivity index (χ3n) is 1.34. The van der Waals surface area contributed by atoms with Gasteiger partial charge >= 0.3 is 71.7 Å². The van der Waals surface area contributed by atoms with E-state index in [1.54, 1.807) is 0 Å². The van der Waals surface area contributed by atoms with E-state index in [4.69, 9.17) is 0 Å². The van der Waals surface area contributed by atoms with Crippen LogP contribution in [0.15, 0.2) is 10.2 Å². The van der Waals surface area contributed by atoms with Gasteiger partial charge in [0.25, 0.3) is 0 Å². The van der Waals surface area contributed by atoms with E-state index in [0.717, 1.165) is 0 Å². The van der Waals surface area contributed by atoms with Crippen LogP contribution < -0.4 is 0 Å². The molecule has 0 aromatic carbocycles. The molecule has 0 N–H and O–H groups in total. The fourth-order valence-corrected chi connectivity index (χ4v) is 1.25. The minimum atomic E-state index is 1.30. The Labute approximate surface area is 71.8 Å². The Balaban J connectivity index is 2.75. The van der Waals surface area contributed by atoms with Crippen LogP contribution in [0.2, 0.25) is 0 Å². The standard InChI is InChI=1S/C8H15.Sn/c1-3-5-7-8-6-4-2;/h1,3H,4-8H2,2H3;/q;+3. The van der Waals surface area contributed by atoms with Gasteiger partial charge in [0.15, 0.2) is 0 Å². The molecule has 0 saturated carbocycles. The van der Waals surface area contributed by atoms with Crippen LogP contribution in [0.3, 0.4) is 0 Å². The molecule has 0 unspecified atom stereocenters. The second-order valence-electron chi connectivity index (χ2n) is 2.25. The van der Waals surface area contributed by atoms with Crippen LogP contribution in [0.4, 0.5) is 0 Å². The zero-order valence-electron chi connectivity index (χ0n) is 6.19. The Morgan fingerprint density at radius 2 is 2.00 bits per heavy atom. The van der Waals surface area contributed by atoms with Crippen molar-refractivity contribution in [2.45, 2.75) is 39.0 Å². The third-order valence-corrected chi connectivity index (χ3v) is 2.01. The predicted octanol–water partition coefficient (Wildman–Crippen LogP) is 2.64. The zero-order valence-corrected chi connectivity index (χ0v) is 9.04. The van der Waals surface area contributed by atoms with Crippen LogP contribution in [0.25, 0.3) is 0 Å². The van der Waals surface area contributed by atoms with Gasteiger partial charge in [0, 0.05) is 0 Å². The van der Waals surface area contributed by atoms with Crippen molar-refractivity contribution in [3.05, 3.63) is 10.2 Å². The molecular weight excluding hydrogens is 215 g/mol. The number of unbranched alkanes of at least 4 members (excludes halogenated alkanes) is 4. The van der Waals surface area contributed by atoms with Gasteiger partial charge in [0.05, 0.1) is 0 Å². The number of allylic oxidation sites excluding steroid dienone is 1. The van der Waals surface area contributed by atoms with Crippen molar-refractivity contribution in [1.82, 2.24) is 0 Å². The summed E-state index contributed by atoms with van der Waals surface area (Å²) in [5.41, 5.74) is 0. The SMILES string of the molecule is CCCCCCC=[CH][Sn+3]. The van der Waals surface area contributed by atoms with Crippen molar-refractivity contribution >= 4 is 22.5 Å². The molecule has 0 radical (unpaired) electrons. The molecule has 0 aliphatic carbocycles. The number of hydrogen-bond acceptors (Lipinski definition) is 0. The first-order chi connectivity index (χ1) is 4.41. The molecule has 0 bridgehead atoms. The predicted molar refractivity (Wildman–Crippen MR) is 43.7 cm³/mol. The van der Waals surface area contributed by atoms with E-state index < -0.39 is 0 Å². The van der Waals surface area contributed by atoms with Crippen molar-refractivity contribution in [3.63, 3.8) is 0 Å². The second-order valence-corrected chi connectivity index (χ2v) is 3.20. The van der Waals surface area contributed by atoms with Gasteiger partial charge in [-0.25, -0.2) is 0 Å². The van der Waals surface area contributed by atoms with Crippen LogP contribution in [0.1, 0.15) is 39.0 Å². The molecule has 0 saturated heterocycles. The Morgan fingerprint density at radius 1 is 1.22 bits per heavy atom. The average Bonchev–Trinajstić information content (AvgIpc) is 1.89. The first kappa shape index (κ1) is 9.54. The topological polar surface area (TPSA) is 0 Å². The summed E-state index contributed by atoms with van der Waals surface area (Å²) in [6, 6.07) is 0. The van der Waals surface area contributed by atoms with Crippen molar-refractivity contribution < 1.29 is 0 Å². The summed E-state index contributed by atoms with van der Waals surface area (Å²) in [4.78, 5) is 0.